The van der Waals surface area contributed by atoms with Crippen LogP contribution in [-0.4, -0.2) is 17.6 Å². The van der Waals surface area contributed by atoms with Gasteiger partial charge in [-0.2, -0.15) is 0 Å². The summed E-state index contributed by atoms with van der Waals surface area (Å²) in [7, 11) is 3.84. The van der Waals surface area contributed by atoms with E-state index in [2.05, 4.69) is 45.3 Å². The minimum atomic E-state index is 0. The largest absolute Gasteiger partial charge is 0.353 e. The van der Waals surface area contributed by atoms with Crippen molar-refractivity contribution in [1.29, 1.82) is 0 Å². The maximum atomic E-state index is 4.25. The molecule has 0 radical (unpaired) electrons. The van der Waals surface area contributed by atoms with Crippen molar-refractivity contribution < 1.29 is 0 Å². The summed E-state index contributed by atoms with van der Waals surface area (Å²) in [5, 5.41) is 6.67. The molecular formula is C15H23IN4S. The number of aromatic nitrogens is 1. The van der Waals surface area contributed by atoms with Gasteiger partial charge in [0.15, 0.2) is 5.96 Å². The molecule has 0 saturated carbocycles. The smallest absolute Gasteiger partial charge is 0.191 e. The van der Waals surface area contributed by atoms with Crippen LogP contribution >= 0.6 is 35.3 Å². The monoisotopic (exact) mass is 418 g/mol. The molecule has 4 nitrogen and oxygen atoms in total. The molecule has 2 rings (SSSR count). The van der Waals surface area contributed by atoms with E-state index in [0.29, 0.717) is 0 Å². The van der Waals surface area contributed by atoms with Gasteiger partial charge in [0.2, 0.25) is 0 Å². The molecule has 0 aliphatic carbocycles. The number of aryl methyl sites for hydroxylation is 2. The van der Waals surface area contributed by atoms with E-state index in [0.717, 1.165) is 25.5 Å². The van der Waals surface area contributed by atoms with Crippen LogP contribution in [0.25, 0.3) is 0 Å². The van der Waals surface area contributed by atoms with Crippen LogP contribution in [0.1, 0.15) is 22.4 Å². The first-order valence-electron chi connectivity index (χ1n) is 6.85. The molecule has 0 atom stereocenters. The van der Waals surface area contributed by atoms with Crippen molar-refractivity contribution in [1.82, 2.24) is 15.2 Å². The summed E-state index contributed by atoms with van der Waals surface area (Å²) in [5.41, 5.74) is 1.23. The number of hydrogen-bond acceptors (Lipinski definition) is 2. The SMILES string of the molecule is CCc1ccc(CNC(=NC)NCc2cccn2C)s1.I. The maximum Gasteiger partial charge on any atom is 0.191 e. The lowest BCUT2D eigenvalue weighted by molar-refractivity contribution is 0.752. The minimum absolute atomic E-state index is 0. The minimum Gasteiger partial charge on any atom is -0.353 e. The van der Waals surface area contributed by atoms with Gasteiger partial charge in [-0.05, 0) is 30.7 Å². The van der Waals surface area contributed by atoms with Gasteiger partial charge in [0.05, 0.1) is 13.1 Å². The van der Waals surface area contributed by atoms with Gasteiger partial charge >= 0.3 is 0 Å². The molecule has 21 heavy (non-hydrogen) atoms. The average molecular weight is 418 g/mol. The van der Waals surface area contributed by atoms with E-state index >= 15 is 0 Å². The first kappa shape index (κ1) is 18.0. The van der Waals surface area contributed by atoms with Crippen LogP contribution in [0.15, 0.2) is 35.5 Å². The van der Waals surface area contributed by atoms with Crippen LogP contribution in [0.3, 0.4) is 0 Å². The highest BCUT2D eigenvalue weighted by Crippen LogP contribution is 2.16. The van der Waals surface area contributed by atoms with Crippen molar-refractivity contribution in [3.63, 3.8) is 0 Å². The Morgan fingerprint density at radius 3 is 2.48 bits per heavy atom. The Balaban J connectivity index is 0.00000220. The second-order valence-electron chi connectivity index (χ2n) is 4.61. The number of aliphatic imine (C=N–C) groups is 1. The Morgan fingerprint density at radius 1 is 1.19 bits per heavy atom. The number of halogens is 1. The normalized spacial score (nSPS) is 11.1. The molecule has 0 unspecified atom stereocenters. The zero-order chi connectivity index (χ0) is 14.4. The molecule has 0 aromatic carbocycles. The number of guanidine groups is 1. The van der Waals surface area contributed by atoms with Crippen molar-refractivity contribution in [2.45, 2.75) is 26.4 Å². The number of nitrogens with one attached hydrogen (secondary N) is 2. The molecule has 2 aromatic heterocycles. The lowest BCUT2D eigenvalue weighted by Gasteiger charge is -2.11. The lowest BCUT2D eigenvalue weighted by atomic mass is 10.3. The van der Waals surface area contributed by atoms with Crippen LogP contribution in [0.5, 0.6) is 0 Å². The number of hydrogen-bond donors (Lipinski definition) is 2. The third-order valence-corrected chi connectivity index (χ3v) is 4.44. The maximum absolute atomic E-state index is 4.25. The number of thiophene rings is 1. The van der Waals surface area contributed by atoms with Crippen LogP contribution in [0, 0.1) is 0 Å². The van der Waals surface area contributed by atoms with E-state index in [1.165, 1.54) is 15.4 Å². The van der Waals surface area contributed by atoms with Gasteiger partial charge in [0, 0.05) is 35.7 Å². The summed E-state index contributed by atoms with van der Waals surface area (Å²) in [5.74, 6) is 0.831. The number of nitrogens with zero attached hydrogens (tertiary/aromatic N) is 2. The van der Waals surface area contributed by atoms with Crippen LogP contribution < -0.4 is 10.6 Å². The second-order valence-corrected chi connectivity index (χ2v) is 5.86. The Morgan fingerprint density at radius 2 is 1.90 bits per heavy atom. The van der Waals surface area contributed by atoms with Crippen molar-refractivity contribution >= 4 is 41.3 Å². The summed E-state index contributed by atoms with van der Waals surface area (Å²) in [6.07, 6.45) is 3.15. The second kappa shape index (κ2) is 9.09. The highest BCUT2D eigenvalue weighted by atomic mass is 127. The predicted molar refractivity (Wildman–Crippen MR) is 102 cm³/mol. The van der Waals surface area contributed by atoms with E-state index in [1.54, 1.807) is 7.05 Å². The summed E-state index contributed by atoms with van der Waals surface area (Å²) < 4.78 is 2.10. The van der Waals surface area contributed by atoms with Crippen LogP contribution in [0.2, 0.25) is 0 Å². The lowest BCUT2D eigenvalue weighted by Crippen LogP contribution is -2.36. The molecule has 0 bridgehead atoms. The molecule has 2 N–H and O–H groups in total. The summed E-state index contributed by atoms with van der Waals surface area (Å²) in [4.78, 5) is 7.01. The van der Waals surface area contributed by atoms with Crippen LogP contribution in [-0.2, 0) is 26.6 Å². The predicted octanol–water partition coefficient (Wildman–Crippen LogP) is 3.13. The Kier molecular flexibility index (Phi) is 7.81. The average Bonchev–Trinajstić information content (AvgIpc) is 3.08. The summed E-state index contributed by atoms with van der Waals surface area (Å²) in [6, 6.07) is 8.53. The molecule has 0 fully saturated rings. The molecular weight excluding hydrogens is 395 g/mol. The van der Waals surface area contributed by atoms with Gasteiger partial charge in [0.25, 0.3) is 0 Å². The van der Waals surface area contributed by atoms with Crippen molar-refractivity contribution in [3.05, 3.63) is 45.9 Å². The third kappa shape index (κ3) is 5.35. The first-order valence-corrected chi connectivity index (χ1v) is 7.67. The highest BCUT2D eigenvalue weighted by Gasteiger charge is 2.02. The van der Waals surface area contributed by atoms with Gasteiger partial charge in [-0.25, -0.2) is 0 Å². The molecule has 2 heterocycles. The molecule has 0 amide bonds. The third-order valence-electron chi connectivity index (χ3n) is 3.21. The Labute approximate surface area is 147 Å². The molecule has 116 valence electrons. The molecule has 6 heteroatoms. The fourth-order valence-corrected chi connectivity index (χ4v) is 2.85. The van der Waals surface area contributed by atoms with E-state index < -0.39 is 0 Å². The van der Waals surface area contributed by atoms with Gasteiger partial charge < -0.3 is 15.2 Å². The molecule has 0 spiro atoms. The van der Waals surface area contributed by atoms with Crippen molar-refractivity contribution in [3.8, 4) is 0 Å². The zero-order valence-electron chi connectivity index (χ0n) is 12.7. The van der Waals surface area contributed by atoms with E-state index in [9.17, 15) is 0 Å². The fourth-order valence-electron chi connectivity index (χ4n) is 1.95. The summed E-state index contributed by atoms with van der Waals surface area (Å²) >= 11 is 1.85. The van der Waals surface area contributed by atoms with Crippen molar-refractivity contribution in [2.75, 3.05) is 7.05 Å². The molecule has 0 aliphatic rings. The van der Waals surface area contributed by atoms with Gasteiger partial charge in [0.1, 0.15) is 0 Å². The highest BCUT2D eigenvalue weighted by molar-refractivity contribution is 14.0. The molecule has 0 saturated heterocycles. The van der Waals surface area contributed by atoms with Crippen molar-refractivity contribution in [2.24, 2.45) is 12.0 Å². The quantitative estimate of drug-likeness (QED) is 0.445. The fraction of sp³-hybridized carbons (Fsp3) is 0.400. The van der Waals surface area contributed by atoms with Gasteiger partial charge in [-0.3, -0.25) is 4.99 Å². The Hall–Kier alpha value is -1.02. The van der Waals surface area contributed by atoms with E-state index in [1.807, 2.05) is 30.6 Å². The zero-order valence-corrected chi connectivity index (χ0v) is 15.9. The molecule has 2 aromatic rings. The Bertz CT molecular complexity index is 574. The van der Waals surface area contributed by atoms with Gasteiger partial charge in [-0.1, -0.05) is 6.92 Å². The number of rotatable bonds is 5. The first-order chi connectivity index (χ1) is 9.72. The van der Waals surface area contributed by atoms with Crippen LogP contribution in [0.4, 0.5) is 0 Å². The standard InChI is InChI=1S/C15H22N4S.HI/c1-4-13-7-8-14(20-13)11-18-15(16-2)17-10-12-6-5-9-19(12)3;/h5-9H,4,10-11H2,1-3H3,(H2,16,17,18);1H. The topological polar surface area (TPSA) is 41.4 Å². The summed E-state index contributed by atoms with van der Waals surface area (Å²) in [6.45, 7) is 3.77. The van der Waals surface area contributed by atoms with E-state index in [4.69, 9.17) is 0 Å². The molecule has 0 aliphatic heterocycles. The van der Waals surface area contributed by atoms with E-state index in [-0.39, 0.29) is 24.0 Å². The van der Waals surface area contributed by atoms with Gasteiger partial charge in [-0.15, -0.1) is 35.3 Å².